The normalized spacial score (nSPS) is 12.6. The molecule has 0 aliphatic heterocycles. The number of para-hydroxylation sites is 1. The fourth-order valence-corrected chi connectivity index (χ4v) is 3.86. The Labute approximate surface area is 158 Å². The van der Waals surface area contributed by atoms with Crippen molar-refractivity contribution >= 4 is 27.3 Å². The topological polar surface area (TPSA) is 59.2 Å². The molecule has 1 aromatic heterocycles. The molecule has 0 unspecified atom stereocenters. The van der Waals surface area contributed by atoms with Crippen LogP contribution in [0.4, 0.5) is 0 Å². The second kappa shape index (κ2) is 9.03. The average Bonchev–Trinajstić information content (AvgIpc) is 3.09. The Morgan fingerprint density at radius 3 is 2.62 bits per heavy atom. The summed E-state index contributed by atoms with van der Waals surface area (Å²) in [6.45, 7) is 1.72. The fourth-order valence-electron chi connectivity index (χ4n) is 2.89. The van der Waals surface area contributed by atoms with Crippen LogP contribution in [0.2, 0.25) is 0 Å². The molecule has 3 rings (SSSR count). The summed E-state index contributed by atoms with van der Waals surface area (Å²) in [5, 5.41) is 0.515. The molecule has 0 saturated heterocycles. The van der Waals surface area contributed by atoms with E-state index in [0.717, 1.165) is 36.1 Å². The Morgan fingerprint density at radius 2 is 1.85 bits per heavy atom. The number of fused-ring (bicyclic) bond motifs is 1. The van der Waals surface area contributed by atoms with Gasteiger partial charge in [-0.25, -0.2) is 4.98 Å². The van der Waals surface area contributed by atoms with Crippen LogP contribution < -0.4 is 5.73 Å². The number of hydrogen-bond donors (Lipinski definition) is 1. The third kappa shape index (κ3) is 4.97. The van der Waals surface area contributed by atoms with E-state index in [1.807, 2.05) is 42.5 Å². The molecule has 135 valence electrons. The number of aromatic nitrogens is 1. The number of carbonyl (C=O) groups excluding carboxylic acids is 1. The van der Waals surface area contributed by atoms with Crippen LogP contribution in [0.3, 0.4) is 0 Å². The third-order valence-corrected chi connectivity index (χ3v) is 5.38. The summed E-state index contributed by atoms with van der Waals surface area (Å²) < 4.78 is 1.02. The van der Waals surface area contributed by atoms with Gasteiger partial charge in [0, 0.05) is 13.6 Å². The molecule has 3 aromatic rings. The van der Waals surface area contributed by atoms with E-state index in [0.29, 0.717) is 11.4 Å². The van der Waals surface area contributed by atoms with E-state index < -0.39 is 6.04 Å². The lowest BCUT2D eigenvalue weighted by Crippen LogP contribution is -2.30. The zero-order valence-corrected chi connectivity index (χ0v) is 15.6. The predicted molar refractivity (Wildman–Crippen MR) is 108 cm³/mol. The van der Waals surface area contributed by atoms with E-state index in [1.165, 1.54) is 16.9 Å². The number of benzene rings is 2. The molecule has 1 radical (unpaired) electrons. The fraction of sp³-hybridized carbons (Fsp3) is 0.286. The Kier molecular flexibility index (Phi) is 6.50. The summed E-state index contributed by atoms with van der Waals surface area (Å²) in [4.78, 5) is 18.9. The van der Waals surface area contributed by atoms with Crippen LogP contribution in [-0.4, -0.2) is 28.3 Å². The quantitative estimate of drug-likeness (QED) is 0.454. The standard InChI is InChI=1S/C21H24N3OS/c1-24(15-16-9-3-2-4-10-16)14-8-7-11-17(22)20(25)21-23-18-12-5-6-13-19(18)26-21/h2-6,9-10,12-13,17H,1,7-8,11,14-15,22H2/t17-/m0/s1. The molecule has 4 nitrogen and oxygen atoms in total. The highest BCUT2D eigenvalue weighted by atomic mass is 32.1. The number of Topliss-reactive ketones (excluding diaryl/α,β-unsaturated/α-hetero) is 1. The summed E-state index contributed by atoms with van der Waals surface area (Å²) in [6, 6.07) is 17.6. The first-order chi connectivity index (χ1) is 12.6. The zero-order chi connectivity index (χ0) is 18.4. The second-order valence-electron chi connectivity index (χ2n) is 6.49. The lowest BCUT2D eigenvalue weighted by molar-refractivity contribution is 0.0955. The summed E-state index contributed by atoms with van der Waals surface area (Å²) >= 11 is 1.42. The Morgan fingerprint density at radius 1 is 1.12 bits per heavy atom. The van der Waals surface area contributed by atoms with Crippen LogP contribution in [0.25, 0.3) is 10.2 Å². The molecule has 0 saturated carbocycles. The van der Waals surface area contributed by atoms with Crippen molar-refractivity contribution in [3.05, 3.63) is 72.2 Å². The molecule has 0 aliphatic rings. The first-order valence-corrected chi connectivity index (χ1v) is 9.70. The lowest BCUT2D eigenvalue weighted by atomic mass is 10.1. The maximum atomic E-state index is 12.5. The Bertz CT molecular complexity index is 814. The van der Waals surface area contributed by atoms with Gasteiger partial charge in [0.15, 0.2) is 5.01 Å². The predicted octanol–water partition coefficient (Wildman–Crippen LogP) is 4.27. The summed E-state index contributed by atoms with van der Waals surface area (Å²) in [6.07, 6.45) is 2.55. The average molecular weight is 367 g/mol. The highest BCUT2D eigenvalue weighted by Crippen LogP contribution is 2.23. The number of thiazole rings is 1. The van der Waals surface area contributed by atoms with Crippen LogP contribution in [0.1, 0.15) is 34.6 Å². The largest absolute Gasteiger partial charge is 0.321 e. The SMILES string of the molecule is [CH2]N(CCCC[C@H](N)C(=O)c1nc2ccccc2s1)Cc1ccccc1. The van der Waals surface area contributed by atoms with Gasteiger partial charge in [0.2, 0.25) is 5.78 Å². The van der Waals surface area contributed by atoms with E-state index >= 15 is 0 Å². The number of hydrogen-bond acceptors (Lipinski definition) is 5. The van der Waals surface area contributed by atoms with Gasteiger partial charge >= 0.3 is 0 Å². The maximum absolute atomic E-state index is 12.5. The minimum Gasteiger partial charge on any atom is -0.321 e. The van der Waals surface area contributed by atoms with Gasteiger partial charge in [0.25, 0.3) is 0 Å². The molecule has 0 fully saturated rings. The van der Waals surface area contributed by atoms with Crippen molar-refractivity contribution in [2.45, 2.75) is 31.8 Å². The molecule has 2 N–H and O–H groups in total. The van der Waals surface area contributed by atoms with Crippen molar-refractivity contribution in [3.8, 4) is 0 Å². The van der Waals surface area contributed by atoms with Crippen molar-refractivity contribution in [1.82, 2.24) is 9.88 Å². The number of unbranched alkanes of at least 4 members (excludes halogenated alkanes) is 1. The highest BCUT2D eigenvalue weighted by molar-refractivity contribution is 7.20. The summed E-state index contributed by atoms with van der Waals surface area (Å²) in [5.74, 6) is -0.0537. The Hall–Kier alpha value is -2.08. The second-order valence-corrected chi connectivity index (χ2v) is 7.52. The molecular weight excluding hydrogens is 342 g/mol. The van der Waals surface area contributed by atoms with Gasteiger partial charge in [0.05, 0.1) is 16.3 Å². The van der Waals surface area contributed by atoms with Gasteiger partial charge in [-0.05, 0) is 37.1 Å². The number of carbonyl (C=O) groups is 1. The van der Waals surface area contributed by atoms with Gasteiger partial charge in [0.1, 0.15) is 0 Å². The van der Waals surface area contributed by atoms with E-state index in [-0.39, 0.29) is 5.78 Å². The molecule has 0 aliphatic carbocycles. The number of rotatable bonds is 9. The molecule has 0 spiro atoms. The van der Waals surface area contributed by atoms with Gasteiger partial charge < -0.3 is 5.73 Å². The first-order valence-electron chi connectivity index (χ1n) is 8.88. The molecule has 26 heavy (non-hydrogen) atoms. The smallest absolute Gasteiger partial charge is 0.208 e. The number of ketones is 1. The van der Waals surface area contributed by atoms with Crippen molar-refractivity contribution in [3.63, 3.8) is 0 Å². The third-order valence-electron chi connectivity index (χ3n) is 4.33. The molecule has 1 atom stereocenters. The van der Waals surface area contributed by atoms with Crippen LogP contribution in [-0.2, 0) is 6.54 Å². The molecule has 0 amide bonds. The monoisotopic (exact) mass is 366 g/mol. The van der Waals surface area contributed by atoms with E-state index in [4.69, 9.17) is 5.73 Å². The molecule has 5 heteroatoms. The van der Waals surface area contributed by atoms with Gasteiger partial charge in [-0.1, -0.05) is 48.9 Å². The molecule has 1 heterocycles. The molecular formula is C21H24N3OS. The van der Waals surface area contributed by atoms with Crippen LogP contribution in [0, 0.1) is 7.05 Å². The van der Waals surface area contributed by atoms with Crippen molar-refractivity contribution in [1.29, 1.82) is 0 Å². The molecule has 0 bridgehead atoms. The number of nitrogens with zero attached hydrogens (tertiary/aromatic N) is 2. The minimum atomic E-state index is -0.483. The minimum absolute atomic E-state index is 0.0537. The van der Waals surface area contributed by atoms with Crippen LogP contribution in [0.15, 0.2) is 54.6 Å². The summed E-state index contributed by atoms with van der Waals surface area (Å²) in [7, 11) is 4.08. The van der Waals surface area contributed by atoms with E-state index in [1.54, 1.807) is 0 Å². The van der Waals surface area contributed by atoms with Crippen molar-refractivity contribution < 1.29 is 4.79 Å². The number of nitrogens with two attached hydrogens (primary N) is 1. The van der Waals surface area contributed by atoms with Crippen LogP contribution in [0.5, 0.6) is 0 Å². The Balaban J connectivity index is 1.42. The van der Waals surface area contributed by atoms with E-state index in [9.17, 15) is 4.79 Å². The zero-order valence-electron chi connectivity index (χ0n) is 14.8. The van der Waals surface area contributed by atoms with Crippen molar-refractivity contribution in [2.24, 2.45) is 5.73 Å². The van der Waals surface area contributed by atoms with Gasteiger partial charge in [-0.3, -0.25) is 9.69 Å². The highest BCUT2D eigenvalue weighted by Gasteiger charge is 2.19. The summed E-state index contributed by atoms with van der Waals surface area (Å²) in [5.41, 5.74) is 8.22. The van der Waals surface area contributed by atoms with Gasteiger partial charge in [-0.2, -0.15) is 0 Å². The first kappa shape index (κ1) is 18.7. The molecule has 2 aromatic carbocycles. The van der Waals surface area contributed by atoms with Crippen molar-refractivity contribution in [2.75, 3.05) is 6.54 Å². The lowest BCUT2D eigenvalue weighted by Gasteiger charge is -2.16. The van der Waals surface area contributed by atoms with Crippen LogP contribution >= 0.6 is 11.3 Å². The maximum Gasteiger partial charge on any atom is 0.208 e. The van der Waals surface area contributed by atoms with E-state index in [2.05, 4.69) is 29.1 Å². The van der Waals surface area contributed by atoms with Gasteiger partial charge in [-0.15, -0.1) is 11.3 Å².